The minimum absolute atomic E-state index is 0.0856. The van der Waals surface area contributed by atoms with Crippen molar-refractivity contribution in [2.24, 2.45) is 5.92 Å². The van der Waals surface area contributed by atoms with E-state index in [1.54, 1.807) is 0 Å². The molecule has 5 rings (SSSR count). The lowest BCUT2D eigenvalue weighted by Gasteiger charge is -2.35. The topological polar surface area (TPSA) is 62.5 Å². The molecule has 0 N–H and O–H groups in total. The maximum Gasteiger partial charge on any atom is 0.318 e. The Labute approximate surface area is 188 Å². The fourth-order valence-corrected chi connectivity index (χ4v) is 4.56. The molecule has 0 atom stereocenters. The standard InChI is InChI=1S/C26H28N4O2/c31-25(29-15-11-21(12-16-29)19-20-7-3-1-4-8-20)23-13-17-30(18-14-23)26-28-27-24(32-26)22-9-5-2-6-10-22/h1-10,19,23H,11-18H2. The van der Waals surface area contributed by atoms with Crippen molar-refractivity contribution in [2.75, 3.05) is 31.1 Å². The summed E-state index contributed by atoms with van der Waals surface area (Å²) in [7, 11) is 0. The van der Waals surface area contributed by atoms with E-state index in [1.165, 1.54) is 11.1 Å². The van der Waals surface area contributed by atoms with Crippen LogP contribution < -0.4 is 4.90 Å². The summed E-state index contributed by atoms with van der Waals surface area (Å²) in [4.78, 5) is 17.2. The van der Waals surface area contributed by atoms with Gasteiger partial charge in [-0.1, -0.05) is 65.3 Å². The van der Waals surface area contributed by atoms with Crippen molar-refractivity contribution >= 4 is 18.0 Å². The Balaban J connectivity index is 1.13. The number of nitrogens with zero attached hydrogens (tertiary/aromatic N) is 4. The Bertz CT molecular complexity index is 1060. The summed E-state index contributed by atoms with van der Waals surface area (Å²) >= 11 is 0. The number of hydrogen-bond acceptors (Lipinski definition) is 5. The molecule has 32 heavy (non-hydrogen) atoms. The normalized spacial score (nSPS) is 17.4. The number of carbonyl (C=O) groups excluding carboxylic acids is 1. The van der Waals surface area contributed by atoms with E-state index in [0.717, 1.165) is 57.4 Å². The highest BCUT2D eigenvalue weighted by Crippen LogP contribution is 2.28. The fraction of sp³-hybridized carbons (Fsp3) is 0.346. The van der Waals surface area contributed by atoms with Crippen LogP contribution in [0.15, 0.2) is 70.7 Å². The first-order valence-corrected chi connectivity index (χ1v) is 11.4. The monoisotopic (exact) mass is 428 g/mol. The van der Waals surface area contributed by atoms with Gasteiger partial charge in [0.1, 0.15) is 0 Å². The average molecular weight is 429 g/mol. The minimum atomic E-state index is 0.0856. The molecule has 0 spiro atoms. The van der Waals surface area contributed by atoms with Gasteiger partial charge in [0.25, 0.3) is 0 Å². The molecule has 6 nitrogen and oxygen atoms in total. The van der Waals surface area contributed by atoms with Gasteiger partial charge >= 0.3 is 6.01 Å². The van der Waals surface area contributed by atoms with Gasteiger partial charge < -0.3 is 14.2 Å². The zero-order chi connectivity index (χ0) is 21.8. The van der Waals surface area contributed by atoms with Gasteiger partial charge in [-0.15, -0.1) is 5.10 Å². The van der Waals surface area contributed by atoms with E-state index >= 15 is 0 Å². The van der Waals surface area contributed by atoms with Gasteiger partial charge in [-0.2, -0.15) is 0 Å². The zero-order valence-electron chi connectivity index (χ0n) is 18.2. The summed E-state index contributed by atoms with van der Waals surface area (Å²) in [6, 6.07) is 20.8. The van der Waals surface area contributed by atoms with Crippen LogP contribution in [0.5, 0.6) is 0 Å². The van der Waals surface area contributed by atoms with Crippen molar-refractivity contribution in [3.8, 4) is 11.5 Å². The first-order valence-electron chi connectivity index (χ1n) is 11.4. The molecule has 2 saturated heterocycles. The molecule has 3 heterocycles. The van der Waals surface area contributed by atoms with Gasteiger partial charge in [-0.25, -0.2) is 0 Å². The van der Waals surface area contributed by atoms with Crippen LogP contribution in [0.2, 0.25) is 0 Å². The summed E-state index contributed by atoms with van der Waals surface area (Å²) in [6.07, 6.45) is 5.85. The van der Waals surface area contributed by atoms with Crippen molar-refractivity contribution in [1.29, 1.82) is 0 Å². The maximum atomic E-state index is 13.1. The van der Waals surface area contributed by atoms with Gasteiger partial charge in [-0.3, -0.25) is 4.79 Å². The summed E-state index contributed by atoms with van der Waals surface area (Å²) in [6.45, 7) is 3.17. The highest BCUT2D eigenvalue weighted by molar-refractivity contribution is 5.79. The predicted molar refractivity (Wildman–Crippen MR) is 125 cm³/mol. The summed E-state index contributed by atoms with van der Waals surface area (Å²) in [5.74, 6) is 0.924. The quantitative estimate of drug-likeness (QED) is 0.605. The SMILES string of the molecule is O=C(C1CCN(c2nnc(-c3ccccc3)o2)CC1)N1CCC(=Cc2ccccc2)CC1. The minimum Gasteiger partial charge on any atom is -0.403 e. The summed E-state index contributed by atoms with van der Waals surface area (Å²) in [5, 5.41) is 8.41. The van der Waals surface area contributed by atoms with E-state index in [-0.39, 0.29) is 5.92 Å². The van der Waals surface area contributed by atoms with Crippen molar-refractivity contribution in [2.45, 2.75) is 25.7 Å². The largest absolute Gasteiger partial charge is 0.403 e. The molecule has 0 aliphatic carbocycles. The molecule has 2 fully saturated rings. The van der Waals surface area contributed by atoms with E-state index < -0.39 is 0 Å². The lowest BCUT2D eigenvalue weighted by molar-refractivity contribution is -0.136. The van der Waals surface area contributed by atoms with Crippen LogP contribution in [0.4, 0.5) is 6.01 Å². The van der Waals surface area contributed by atoms with Crippen LogP contribution in [0, 0.1) is 5.92 Å². The molecule has 6 heteroatoms. The van der Waals surface area contributed by atoms with Crippen LogP contribution in [0.1, 0.15) is 31.2 Å². The highest BCUT2D eigenvalue weighted by atomic mass is 16.4. The van der Waals surface area contributed by atoms with Crippen LogP contribution in [0.3, 0.4) is 0 Å². The van der Waals surface area contributed by atoms with Crippen LogP contribution in [-0.2, 0) is 4.79 Å². The Kier molecular flexibility index (Phi) is 6.01. The van der Waals surface area contributed by atoms with Gasteiger partial charge in [0, 0.05) is 37.7 Å². The van der Waals surface area contributed by atoms with Gasteiger partial charge in [0.15, 0.2) is 0 Å². The summed E-state index contributed by atoms with van der Waals surface area (Å²) < 4.78 is 5.88. The van der Waals surface area contributed by atoms with Crippen molar-refractivity contribution in [1.82, 2.24) is 15.1 Å². The molecule has 164 valence electrons. The number of piperidine rings is 2. The first-order chi connectivity index (χ1) is 15.8. The Morgan fingerprint density at radius 1 is 0.875 bits per heavy atom. The molecule has 2 aliphatic heterocycles. The molecular formula is C26H28N4O2. The van der Waals surface area contributed by atoms with Crippen molar-refractivity contribution in [3.63, 3.8) is 0 Å². The maximum absolute atomic E-state index is 13.1. The lowest BCUT2D eigenvalue weighted by atomic mass is 9.93. The number of hydrogen-bond donors (Lipinski definition) is 0. The molecule has 0 unspecified atom stereocenters. The fourth-order valence-electron chi connectivity index (χ4n) is 4.56. The van der Waals surface area contributed by atoms with E-state index in [0.29, 0.717) is 17.8 Å². The molecule has 3 aromatic rings. The Morgan fingerprint density at radius 3 is 2.22 bits per heavy atom. The molecule has 0 saturated carbocycles. The van der Waals surface area contributed by atoms with E-state index in [1.807, 2.05) is 36.4 Å². The third kappa shape index (κ3) is 4.59. The van der Waals surface area contributed by atoms with Crippen LogP contribution in [0.25, 0.3) is 17.5 Å². The van der Waals surface area contributed by atoms with E-state index in [4.69, 9.17) is 4.42 Å². The first kappa shape index (κ1) is 20.5. The van der Waals surface area contributed by atoms with Crippen molar-refractivity contribution in [3.05, 3.63) is 71.8 Å². The molecule has 2 aliphatic rings. The van der Waals surface area contributed by atoms with E-state index in [9.17, 15) is 4.79 Å². The second-order valence-corrected chi connectivity index (χ2v) is 8.56. The molecule has 0 radical (unpaired) electrons. The second-order valence-electron chi connectivity index (χ2n) is 8.56. The lowest BCUT2D eigenvalue weighted by Crippen LogP contribution is -2.44. The Hall–Kier alpha value is -3.41. The number of benzene rings is 2. The van der Waals surface area contributed by atoms with Crippen molar-refractivity contribution < 1.29 is 9.21 Å². The smallest absolute Gasteiger partial charge is 0.318 e. The summed E-state index contributed by atoms with van der Waals surface area (Å²) in [5.41, 5.74) is 3.59. The molecule has 2 aromatic carbocycles. The number of carbonyl (C=O) groups is 1. The predicted octanol–water partition coefficient (Wildman–Crippen LogP) is 4.66. The van der Waals surface area contributed by atoms with E-state index in [2.05, 4.69) is 50.3 Å². The van der Waals surface area contributed by atoms with Gasteiger partial charge in [-0.05, 0) is 43.4 Å². The van der Waals surface area contributed by atoms with Gasteiger partial charge in [0.05, 0.1) is 0 Å². The highest BCUT2D eigenvalue weighted by Gasteiger charge is 2.31. The molecule has 0 bridgehead atoms. The third-order valence-electron chi connectivity index (χ3n) is 6.44. The van der Waals surface area contributed by atoms with Crippen LogP contribution >= 0.6 is 0 Å². The third-order valence-corrected chi connectivity index (χ3v) is 6.44. The number of amides is 1. The van der Waals surface area contributed by atoms with Crippen LogP contribution in [-0.4, -0.2) is 47.2 Å². The average Bonchev–Trinajstić information content (AvgIpc) is 3.36. The Morgan fingerprint density at radius 2 is 1.53 bits per heavy atom. The number of aromatic nitrogens is 2. The molecular weight excluding hydrogens is 400 g/mol. The number of rotatable bonds is 4. The number of likely N-dealkylation sites (tertiary alicyclic amines) is 1. The molecule has 1 aromatic heterocycles. The zero-order valence-corrected chi connectivity index (χ0v) is 18.2. The second kappa shape index (κ2) is 9.39. The van der Waals surface area contributed by atoms with Gasteiger partial charge in [0.2, 0.25) is 11.8 Å². The number of anilines is 1. The molecule has 1 amide bonds.